The zero-order valence-corrected chi connectivity index (χ0v) is 22.4. The lowest BCUT2D eigenvalue weighted by Gasteiger charge is -2.30. The van der Waals surface area contributed by atoms with Crippen molar-refractivity contribution in [2.45, 2.75) is 57.4 Å². The molecule has 0 radical (unpaired) electrons. The fraction of sp³-hybridized carbons (Fsp3) is 0.333. The first-order chi connectivity index (χ1) is 18.8. The van der Waals surface area contributed by atoms with Crippen molar-refractivity contribution >= 4 is 34.3 Å². The third kappa shape index (κ3) is 5.88. The van der Waals surface area contributed by atoms with Gasteiger partial charge in [-0.1, -0.05) is 41.9 Å². The number of aliphatic hydroxyl groups is 2. The van der Waals surface area contributed by atoms with Crippen molar-refractivity contribution < 1.29 is 19.8 Å². The Hall–Kier alpha value is -3.59. The fourth-order valence-electron chi connectivity index (χ4n) is 5.27. The number of aromatic nitrogens is 2. The second kappa shape index (κ2) is 11.7. The number of aliphatic hydroxyl groups excluding tert-OH is 2. The van der Waals surface area contributed by atoms with Gasteiger partial charge in [0, 0.05) is 41.0 Å². The highest BCUT2D eigenvalue weighted by Gasteiger charge is 2.39. The van der Waals surface area contributed by atoms with E-state index in [0.29, 0.717) is 17.1 Å². The van der Waals surface area contributed by atoms with Crippen LogP contribution in [0.2, 0.25) is 0 Å². The van der Waals surface area contributed by atoms with Crippen LogP contribution < -0.4 is 5.32 Å². The number of pyridine rings is 2. The average Bonchev–Trinajstić information content (AvgIpc) is 3.44. The molecule has 39 heavy (non-hydrogen) atoms. The molecule has 3 heterocycles. The van der Waals surface area contributed by atoms with Gasteiger partial charge >= 0.3 is 0 Å². The smallest absolute Gasteiger partial charge is 0.255 e. The summed E-state index contributed by atoms with van der Waals surface area (Å²) in [6.45, 7) is 2.49. The zero-order chi connectivity index (χ0) is 27.5. The minimum Gasteiger partial charge on any atom is -0.380 e. The van der Waals surface area contributed by atoms with Crippen molar-refractivity contribution in [2.24, 2.45) is 0 Å². The number of carbonyl (C=O) groups is 2. The molecule has 9 heteroatoms. The molecule has 2 amide bonds. The molecule has 1 aliphatic heterocycles. The Morgan fingerprint density at radius 2 is 2.00 bits per heavy atom. The van der Waals surface area contributed by atoms with Gasteiger partial charge in [0.15, 0.2) is 12.2 Å². The molecule has 3 atom stereocenters. The lowest BCUT2D eigenvalue weighted by molar-refractivity contribution is -0.153. The highest BCUT2D eigenvalue weighted by molar-refractivity contribution is 6.31. The highest BCUT2D eigenvalue weighted by atomic mass is 35.5. The average molecular weight is 547 g/mol. The Kier molecular flexibility index (Phi) is 8.07. The van der Waals surface area contributed by atoms with E-state index in [0.717, 1.165) is 59.1 Å². The molecule has 3 unspecified atom stereocenters. The van der Waals surface area contributed by atoms with Gasteiger partial charge in [-0.25, -0.2) is 0 Å². The molecule has 1 fully saturated rings. The number of amides is 2. The molecule has 5 rings (SSSR count). The van der Waals surface area contributed by atoms with Gasteiger partial charge in [-0.3, -0.25) is 19.6 Å². The van der Waals surface area contributed by atoms with Gasteiger partial charge in [-0.15, -0.1) is 0 Å². The molecule has 202 valence electrons. The van der Waals surface area contributed by atoms with Crippen molar-refractivity contribution in [2.75, 3.05) is 6.54 Å². The number of nitrogens with one attached hydrogen (secondary N) is 1. The summed E-state index contributed by atoms with van der Waals surface area (Å²) >= 11 is 6.16. The van der Waals surface area contributed by atoms with Crippen LogP contribution in [0.3, 0.4) is 0 Å². The number of allylic oxidation sites excluding steroid dienone is 3. The van der Waals surface area contributed by atoms with Crippen LogP contribution in [0, 0.1) is 6.92 Å². The van der Waals surface area contributed by atoms with Gasteiger partial charge in [0.2, 0.25) is 0 Å². The summed E-state index contributed by atoms with van der Waals surface area (Å²) in [6, 6.07) is 13.4. The van der Waals surface area contributed by atoms with E-state index in [2.05, 4.69) is 15.3 Å². The van der Waals surface area contributed by atoms with E-state index in [1.54, 1.807) is 11.1 Å². The molecular weight excluding hydrogens is 516 g/mol. The summed E-state index contributed by atoms with van der Waals surface area (Å²) < 4.78 is 0. The maximum atomic E-state index is 13.0. The van der Waals surface area contributed by atoms with Crippen molar-refractivity contribution in [3.63, 3.8) is 0 Å². The monoisotopic (exact) mass is 546 g/mol. The van der Waals surface area contributed by atoms with Crippen LogP contribution >= 0.6 is 11.6 Å². The normalized spacial score (nSPS) is 18.9. The summed E-state index contributed by atoms with van der Waals surface area (Å²) in [5.74, 6) is -1.48. The number of benzene rings is 1. The zero-order valence-electron chi connectivity index (χ0n) is 21.7. The van der Waals surface area contributed by atoms with Crippen LogP contribution in [0.25, 0.3) is 22.2 Å². The molecule has 0 bridgehead atoms. The van der Waals surface area contributed by atoms with Crippen LogP contribution in [-0.4, -0.2) is 61.7 Å². The molecule has 1 saturated heterocycles. The molecule has 2 aliphatic rings. The van der Waals surface area contributed by atoms with Gasteiger partial charge in [0.1, 0.15) is 0 Å². The predicted molar refractivity (Wildman–Crippen MR) is 150 cm³/mol. The third-order valence-corrected chi connectivity index (χ3v) is 7.58. The molecular formula is C30H31ClN4O4. The first-order valence-electron chi connectivity index (χ1n) is 13.1. The molecule has 0 saturated carbocycles. The van der Waals surface area contributed by atoms with Crippen LogP contribution in [0.1, 0.15) is 36.9 Å². The van der Waals surface area contributed by atoms with Gasteiger partial charge < -0.3 is 20.4 Å². The molecule has 1 aromatic carbocycles. The maximum Gasteiger partial charge on any atom is 0.255 e. The van der Waals surface area contributed by atoms with E-state index < -0.39 is 24.0 Å². The number of likely N-dealkylation sites (tertiary alicyclic amines) is 1. The van der Waals surface area contributed by atoms with Crippen LogP contribution in [0.15, 0.2) is 71.4 Å². The van der Waals surface area contributed by atoms with Crippen molar-refractivity contribution in [1.82, 2.24) is 20.2 Å². The maximum absolute atomic E-state index is 13.0. The summed E-state index contributed by atoms with van der Waals surface area (Å²) in [6.07, 6.45) is 4.83. The van der Waals surface area contributed by atoms with E-state index in [1.807, 2.05) is 61.5 Å². The predicted octanol–water partition coefficient (Wildman–Crippen LogP) is 3.78. The number of nitrogens with zero attached hydrogens (tertiary/aromatic N) is 3. The lowest BCUT2D eigenvalue weighted by atomic mass is 9.95. The lowest BCUT2D eigenvalue weighted by Crippen LogP contribution is -2.52. The quantitative estimate of drug-likeness (QED) is 0.415. The second-order valence-electron chi connectivity index (χ2n) is 10.0. The number of fused-ring (bicyclic) bond motifs is 1. The molecule has 3 aromatic rings. The van der Waals surface area contributed by atoms with Crippen molar-refractivity contribution in [1.29, 1.82) is 0 Å². The summed E-state index contributed by atoms with van der Waals surface area (Å²) in [4.78, 5) is 36.3. The largest absolute Gasteiger partial charge is 0.380 e. The van der Waals surface area contributed by atoms with Crippen LogP contribution in [0.5, 0.6) is 0 Å². The Bertz CT molecular complexity index is 1450. The standard InChI is InChI=1S/C30H31ClN4O4/c1-18-10-12-23-22(7-3-8-25(23)34-18)24-13-11-19(16-32-24)17-33-29(38)27(36)28(37)30(39)35-14-4-9-26(35)20-5-2-6-21(31)15-20/h3,6-8,10-13,15-16,26-28,36-37H,2,4-5,9,14,17H2,1H3,(H,33,38). The van der Waals surface area contributed by atoms with E-state index >= 15 is 0 Å². The van der Waals surface area contributed by atoms with E-state index in [-0.39, 0.29) is 12.6 Å². The van der Waals surface area contributed by atoms with E-state index in [1.165, 1.54) is 0 Å². The number of hydrogen-bond donors (Lipinski definition) is 3. The Balaban J connectivity index is 1.20. The van der Waals surface area contributed by atoms with Crippen LogP contribution in [-0.2, 0) is 16.1 Å². The van der Waals surface area contributed by atoms with Gasteiger partial charge in [0.25, 0.3) is 11.8 Å². The molecule has 0 spiro atoms. The SMILES string of the molecule is Cc1ccc2c(-c3ccc(CNC(=O)C(O)C(O)C(=O)N4CCCC4C4=CC(Cl)=CCC4)cn3)cccc2n1. The molecule has 8 nitrogen and oxygen atoms in total. The Labute approximate surface area is 232 Å². The third-order valence-electron chi connectivity index (χ3n) is 7.32. The number of carbonyl (C=O) groups excluding carboxylic acids is 2. The highest BCUT2D eigenvalue weighted by Crippen LogP contribution is 2.32. The summed E-state index contributed by atoms with van der Waals surface area (Å²) in [7, 11) is 0. The molecule has 3 N–H and O–H groups in total. The van der Waals surface area contributed by atoms with Gasteiger partial charge in [-0.2, -0.15) is 0 Å². The number of halogens is 1. The fourth-order valence-corrected chi connectivity index (χ4v) is 5.52. The summed E-state index contributed by atoms with van der Waals surface area (Å²) in [5.41, 5.74) is 5.30. The van der Waals surface area contributed by atoms with Crippen LogP contribution in [0.4, 0.5) is 0 Å². The minimum atomic E-state index is -1.89. The van der Waals surface area contributed by atoms with E-state index in [9.17, 15) is 19.8 Å². The number of rotatable bonds is 7. The Morgan fingerprint density at radius 1 is 1.15 bits per heavy atom. The van der Waals surface area contributed by atoms with Gasteiger partial charge in [0.05, 0.1) is 17.3 Å². The first kappa shape index (κ1) is 27.0. The van der Waals surface area contributed by atoms with Crippen molar-refractivity contribution in [3.05, 3.63) is 82.7 Å². The Morgan fingerprint density at radius 3 is 2.77 bits per heavy atom. The topological polar surface area (TPSA) is 116 Å². The van der Waals surface area contributed by atoms with E-state index in [4.69, 9.17) is 11.6 Å². The van der Waals surface area contributed by atoms with Crippen molar-refractivity contribution in [3.8, 4) is 11.3 Å². The summed E-state index contributed by atoms with van der Waals surface area (Å²) in [5, 5.41) is 25.3. The minimum absolute atomic E-state index is 0.0877. The second-order valence-corrected chi connectivity index (χ2v) is 10.5. The molecule has 2 aromatic heterocycles. The first-order valence-corrected chi connectivity index (χ1v) is 13.5. The molecule has 1 aliphatic carbocycles. The van der Waals surface area contributed by atoms with Gasteiger partial charge in [-0.05, 0) is 68.0 Å². The number of aryl methyl sites for hydroxylation is 1. The number of hydrogen-bond acceptors (Lipinski definition) is 6.